The zero-order chi connectivity index (χ0) is 23.3. The number of thiophene rings is 1. The predicted octanol–water partition coefficient (Wildman–Crippen LogP) is 4.67. The maximum Gasteiger partial charge on any atom is 0.338 e. The van der Waals surface area contributed by atoms with Gasteiger partial charge in [-0.15, -0.1) is 11.3 Å². The molecular weight excluding hydrogens is 426 g/mol. The van der Waals surface area contributed by atoms with Crippen LogP contribution in [0.15, 0.2) is 24.3 Å². The molecule has 0 atom stereocenters. The lowest BCUT2D eigenvalue weighted by atomic mass is 9.95. The summed E-state index contributed by atoms with van der Waals surface area (Å²) in [4.78, 5) is 38.1. The van der Waals surface area contributed by atoms with E-state index < -0.39 is 23.9 Å². The highest BCUT2D eigenvalue weighted by molar-refractivity contribution is 7.16. The number of rotatable bonds is 5. The number of aryl methyl sites for hydroxylation is 1. The third-order valence-corrected chi connectivity index (χ3v) is 6.36. The van der Waals surface area contributed by atoms with Gasteiger partial charge in [-0.25, -0.2) is 4.79 Å². The minimum Gasteiger partial charge on any atom is -0.452 e. The van der Waals surface area contributed by atoms with Crippen LogP contribution in [0, 0.1) is 16.7 Å². The average molecular weight is 454 g/mol. The molecule has 0 aliphatic heterocycles. The van der Waals surface area contributed by atoms with Gasteiger partial charge in [-0.05, 0) is 49.4 Å². The number of carbonyl (C=O) groups is 3. The minimum atomic E-state index is -0.672. The Morgan fingerprint density at radius 3 is 2.59 bits per heavy atom. The molecule has 8 heteroatoms. The zero-order valence-corrected chi connectivity index (χ0v) is 19.4. The van der Waals surface area contributed by atoms with E-state index in [4.69, 9.17) is 4.74 Å². The second-order valence-electron chi connectivity index (χ2n) is 8.79. The summed E-state index contributed by atoms with van der Waals surface area (Å²) in [6, 6.07) is 8.58. The molecule has 2 amide bonds. The topological polar surface area (TPSA) is 108 Å². The fourth-order valence-electron chi connectivity index (χ4n) is 3.37. The van der Waals surface area contributed by atoms with E-state index in [2.05, 4.69) is 16.7 Å². The lowest BCUT2D eigenvalue weighted by Crippen LogP contribution is -2.27. The molecule has 0 spiro atoms. The third kappa shape index (κ3) is 5.74. The van der Waals surface area contributed by atoms with Crippen LogP contribution in [0.5, 0.6) is 0 Å². The predicted molar refractivity (Wildman–Crippen MR) is 124 cm³/mol. The number of ether oxygens (including phenoxy) is 1. The van der Waals surface area contributed by atoms with E-state index in [1.165, 1.54) is 17.4 Å². The summed E-state index contributed by atoms with van der Waals surface area (Å²) in [5, 5.41) is 15.6. The van der Waals surface area contributed by atoms with Gasteiger partial charge in [0.1, 0.15) is 11.1 Å². The van der Waals surface area contributed by atoms with Crippen molar-refractivity contribution in [3.05, 3.63) is 45.8 Å². The first-order chi connectivity index (χ1) is 15.2. The molecule has 3 rings (SSSR count). The molecule has 1 aromatic carbocycles. The summed E-state index contributed by atoms with van der Waals surface area (Å²) in [6.07, 6.45) is 5.03. The van der Waals surface area contributed by atoms with Crippen LogP contribution in [0.25, 0.3) is 0 Å². The SMILES string of the molecule is CC(C)(C)C(=O)Nc1cccc(C(=O)OCC(=O)Nc2sc3c(c2C#N)CCCCC3)c1. The second-order valence-corrected chi connectivity index (χ2v) is 9.89. The van der Waals surface area contributed by atoms with E-state index in [1.807, 2.05) is 0 Å². The Bertz CT molecular complexity index is 1080. The van der Waals surface area contributed by atoms with Gasteiger partial charge < -0.3 is 15.4 Å². The van der Waals surface area contributed by atoms with Crippen molar-refractivity contribution in [2.24, 2.45) is 5.41 Å². The number of hydrogen-bond donors (Lipinski definition) is 2. The highest BCUT2D eigenvalue weighted by Gasteiger charge is 2.23. The van der Waals surface area contributed by atoms with Crippen LogP contribution < -0.4 is 10.6 Å². The Morgan fingerprint density at radius 2 is 1.88 bits per heavy atom. The molecule has 1 aromatic heterocycles. The van der Waals surface area contributed by atoms with Crippen LogP contribution in [-0.4, -0.2) is 24.4 Å². The van der Waals surface area contributed by atoms with Crippen molar-refractivity contribution < 1.29 is 19.1 Å². The average Bonchev–Trinajstić information content (AvgIpc) is 2.90. The molecule has 1 heterocycles. The molecule has 0 saturated heterocycles. The van der Waals surface area contributed by atoms with Gasteiger partial charge in [0.05, 0.1) is 11.1 Å². The molecule has 2 N–H and O–H groups in total. The highest BCUT2D eigenvalue weighted by atomic mass is 32.1. The van der Waals surface area contributed by atoms with E-state index in [-0.39, 0.29) is 11.5 Å². The van der Waals surface area contributed by atoms with Crippen LogP contribution >= 0.6 is 11.3 Å². The number of carbonyl (C=O) groups excluding carboxylic acids is 3. The molecule has 0 saturated carbocycles. The van der Waals surface area contributed by atoms with Crippen LogP contribution in [0.3, 0.4) is 0 Å². The first-order valence-electron chi connectivity index (χ1n) is 10.6. The molecule has 0 bridgehead atoms. The molecular formula is C24H27N3O4S. The number of benzene rings is 1. The maximum absolute atomic E-state index is 12.4. The van der Waals surface area contributed by atoms with Gasteiger partial charge in [-0.1, -0.05) is 33.3 Å². The van der Waals surface area contributed by atoms with Crippen molar-refractivity contribution in [3.63, 3.8) is 0 Å². The summed E-state index contributed by atoms with van der Waals surface area (Å²) < 4.78 is 5.14. The standard InChI is InChI=1S/C24H27N3O4S/c1-24(2,3)23(30)26-16-9-7-8-15(12-16)22(29)31-14-20(28)27-21-18(13-25)17-10-5-4-6-11-19(17)32-21/h7-9,12H,4-6,10-11,14H2,1-3H3,(H,26,30)(H,27,28). The summed E-state index contributed by atoms with van der Waals surface area (Å²) in [5.74, 6) is -1.34. The normalized spacial score (nSPS) is 13.3. The Labute approximate surface area is 191 Å². The quantitative estimate of drug-likeness (QED) is 0.505. The van der Waals surface area contributed by atoms with Crippen molar-refractivity contribution >= 4 is 39.8 Å². The number of nitrogens with zero attached hydrogens (tertiary/aromatic N) is 1. The highest BCUT2D eigenvalue weighted by Crippen LogP contribution is 2.36. The second kappa shape index (κ2) is 9.96. The first-order valence-corrected chi connectivity index (χ1v) is 11.4. The Balaban J connectivity index is 1.60. The lowest BCUT2D eigenvalue weighted by Gasteiger charge is -2.17. The summed E-state index contributed by atoms with van der Waals surface area (Å²) in [5.41, 5.74) is 1.69. The van der Waals surface area contributed by atoms with Gasteiger partial charge in [-0.2, -0.15) is 5.26 Å². The van der Waals surface area contributed by atoms with Gasteiger partial charge in [-0.3, -0.25) is 9.59 Å². The first kappa shape index (κ1) is 23.5. The molecule has 2 aromatic rings. The Hall–Kier alpha value is -3.18. The Morgan fingerprint density at radius 1 is 1.12 bits per heavy atom. The van der Waals surface area contributed by atoms with E-state index in [1.54, 1.807) is 39.0 Å². The molecule has 168 valence electrons. The zero-order valence-electron chi connectivity index (χ0n) is 18.5. The van der Waals surface area contributed by atoms with Crippen molar-refractivity contribution in [2.45, 2.75) is 52.9 Å². The largest absolute Gasteiger partial charge is 0.452 e. The Kier molecular flexibility index (Phi) is 7.31. The molecule has 32 heavy (non-hydrogen) atoms. The molecule has 7 nitrogen and oxygen atoms in total. The van der Waals surface area contributed by atoms with Crippen LogP contribution in [0.1, 0.15) is 66.4 Å². The smallest absolute Gasteiger partial charge is 0.338 e. The number of esters is 1. The van der Waals surface area contributed by atoms with Crippen LogP contribution in [0.2, 0.25) is 0 Å². The fraction of sp³-hybridized carbons (Fsp3) is 0.417. The van der Waals surface area contributed by atoms with Crippen molar-refractivity contribution in [1.29, 1.82) is 5.26 Å². The van der Waals surface area contributed by atoms with Crippen molar-refractivity contribution in [1.82, 2.24) is 0 Å². The number of hydrogen-bond acceptors (Lipinski definition) is 6. The summed E-state index contributed by atoms with van der Waals surface area (Å²) >= 11 is 1.43. The number of anilines is 2. The minimum absolute atomic E-state index is 0.176. The van der Waals surface area contributed by atoms with Gasteiger partial charge in [0, 0.05) is 16.0 Å². The van der Waals surface area contributed by atoms with Gasteiger partial charge >= 0.3 is 5.97 Å². The number of nitriles is 1. The summed E-state index contributed by atoms with van der Waals surface area (Å²) in [6.45, 7) is 4.91. The van der Waals surface area contributed by atoms with Crippen LogP contribution in [-0.2, 0) is 27.2 Å². The van der Waals surface area contributed by atoms with E-state index in [0.717, 1.165) is 42.5 Å². The van der Waals surface area contributed by atoms with Crippen molar-refractivity contribution in [3.8, 4) is 6.07 Å². The van der Waals surface area contributed by atoms with Gasteiger partial charge in [0.25, 0.3) is 5.91 Å². The number of amides is 2. The van der Waals surface area contributed by atoms with Gasteiger partial charge in [0.15, 0.2) is 6.61 Å². The van der Waals surface area contributed by atoms with Crippen molar-refractivity contribution in [2.75, 3.05) is 17.2 Å². The third-order valence-electron chi connectivity index (χ3n) is 5.16. The molecule has 1 aliphatic carbocycles. The van der Waals surface area contributed by atoms with E-state index >= 15 is 0 Å². The fourth-order valence-corrected chi connectivity index (χ4v) is 4.62. The molecule has 0 radical (unpaired) electrons. The van der Waals surface area contributed by atoms with Gasteiger partial charge in [0.2, 0.25) is 5.91 Å². The van der Waals surface area contributed by atoms with E-state index in [9.17, 15) is 19.6 Å². The van der Waals surface area contributed by atoms with Crippen LogP contribution in [0.4, 0.5) is 10.7 Å². The lowest BCUT2D eigenvalue weighted by molar-refractivity contribution is -0.123. The maximum atomic E-state index is 12.4. The monoisotopic (exact) mass is 453 g/mol. The van der Waals surface area contributed by atoms with E-state index in [0.29, 0.717) is 16.3 Å². The molecule has 0 unspecified atom stereocenters. The number of fused-ring (bicyclic) bond motifs is 1. The summed E-state index contributed by atoms with van der Waals surface area (Å²) in [7, 11) is 0. The molecule has 1 aliphatic rings. The number of nitrogens with one attached hydrogen (secondary N) is 2. The molecule has 0 fully saturated rings.